The van der Waals surface area contributed by atoms with Gasteiger partial charge >= 0.3 is 0 Å². The van der Waals surface area contributed by atoms with Gasteiger partial charge in [0.25, 0.3) is 5.91 Å². The predicted molar refractivity (Wildman–Crippen MR) is 120 cm³/mol. The molecule has 1 fully saturated rings. The maximum absolute atomic E-state index is 13.0. The van der Waals surface area contributed by atoms with Crippen LogP contribution in [0.2, 0.25) is 0 Å². The van der Waals surface area contributed by atoms with Crippen molar-refractivity contribution in [2.45, 2.75) is 12.8 Å². The number of anilines is 2. The minimum atomic E-state index is -0.374. The molecule has 1 N–H and O–H groups in total. The van der Waals surface area contributed by atoms with E-state index in [1.807, 2.05) is 6.07 Å². The van der Waals surface area contributed by atoms with Gasteiger partial charge in [-0.05, 0) is 55.0 Å². The molecule has 1 aliphatic heterocycles. The van der Waals surface area contributed by atoms with Gasteiger partial charge in [0.2, 0.25) is 5.91 Å². The van der Waals surface area contributed by atoms with Gasteiger partial charge in [-0.3, -0.25) is 14.4 Å². The zero-order valence-electron chi connectivity index (χ0n) is 16.1. The van der Waals surface area contributed by atoms with Crippen molar-refractivity contribution in [1.82, 2.24) is 0 Å². The van der Waals surface area contributed by atoms with Crippen molar-refractivity contribution in [3.8, 4) is 0 Å². The molecule has 1 heterocycles. The fraction of sp³-hybridized carbons (Fsp3) is 0.125. The van der Waals surface area contributed by atoms with Crippen molar-refractivity contribution >= 4 is 44.9 Å². The van der Waals surface area contributed by atoms with Crippen molar-refractivity contribution in [3.05, 3.63) is 94.0 Å². The monoisotopic (exact) mass is 462 g/mol. The molecule has 0 radical (unpaired) electrons. The molecule has 0 saturated carbocycles. The van der Waals surface area contributed by atoms with Crippen LogP contribution in [0.25, 0.3) is 0 Å². The van der Waals surface area contributed by atoms with Crippen LogP contribution in [0, 0.1) is 0 Å². The van der Waals surface area contributed by atoms with Gasteiger partial charge in [0, 0.05) is 39.9 Å². The highest BCUT2D eigenvalue weighted by molar-refractivity contribution is 9.10. The summed E-state index contributed by atoms with van der Waals surface area (Å²) < 4.78 is 0.876. The van der Waals surface area contributed by atoms with E-state index >= 15 is 0 Å². The minimum Gasteiger partial charge on any atom is -0.322 e. The summed E-state index contributed by atoms with van der Waals surface area (Å²) in [4.78, 5) is 39.7. The first-order chi connectivity index (χ1) is 14.5. The third kappa shape index (κ3) is 4.19. The first-order valence-electron chi connectivity index (χ1n) is 9.64. The first kappa shape index (κ1) is 20.0. The van der Waals surface area contributed by atoms with Crippen LogP contribution in [-0.2, 0) is 4.79 Å². The maximum Gasteiger partial charge on any atom is 0.256 e. The molecule has 0 aliphatic carbocycles. The zero-order chi connectivity index (χ0) is 21.1. The van der Waals surface area contributed by atoms with Gasteiger partial charge in [-0.25, -0.2) is 0 Å². The molecule has 30 heavy (non-hydrogen) atoms. The third-order valence-corrected chi connectivity index (χ3v) is 5.54. The quantitative estimate of drug-likeness (QED) is 0.538. The highest BCUT2D eigenvalue weighted by atomic mass is 79.9. The smallest absolute Gasteiger partial charge is 0.256 e. The minimum absolute atomic E-state index is 0.0870. The molecule has 3 aromatic carbocycles. The van der Waals surface area contributed by atoms with Crippen LogP contribution in [-0.4, -0.2) is 24.1 Å². The van der Waals surface area contributed by atoms with Crippen LogP contribution in [0.4, 0.5) is 11.4 Å². The van der Waals surface area contributed by atoms with Gasteiger partial charge in [-0.15, -0.1) is 0 Å². The van der Waals surface area contributed by atoms with E-state index in [1.165, 1.54) is 0 Å². The molecule has 0 bridgehead atoms. The van der Waals surface area contributed by atoms with E-state index in [1.54, 1.807) is 71.6 Å². The lowest BCUT2D eigenvalue weighted by Gasteiger charge is -2.17. The Morgan fingerprint density at radius 2 is 1.63 bits per heavy atom. The first-order valence-corrected chi connectivity index (χ1v) is 10.4. The number of hydrogen-bond acceptors (Lipinski definition) is 3. The fourth-order valence-corrected chi connectivity index (χ4v) is 3.77. The van der Waals surface area contributed by atoms with E-state index in [2.05, 4.69) is 21.2 Å². The van der Waals surface area contributed by atoms with Crippen LogP contribution >= 0.6 is 15.9 Å². The molecule has 0 unspecified atom stereocenters. The summed E-state index contributed by atoms with van der Waals surface area (Å²) in [6.07, 6.45) is 1.38. The van der Waals surface area contributed by atoms with Gasteiger partial charge in [-0.1, -0.05) is 40.2 Å². The topological polar surface area (TPSA) is 66.5 Å². The van der Waals surface area contributed by atoms with Gasteiger partial charge in [0.05, 0.1) is 5.56 Å². The molecule has 6 heteroatoms. The Morgan fingerprint density at radius 1 is 0.900 bits per heavy atom. The second-order valence-corrected chi connectivity index (χ2v) is 7.95. The van der Waals surface area contributed by atoms with Crippen molar-refractivity contribution in [3.63, 3.8) is 0 Å². The van der Waals surface area contributed by atoms with Crippen LogP contribution in [0.5, 0.6) is 0 Å². The van der Waals surface area contributed by atoms with Crippen molar-refractivity contribution in [2.75, 3.05) is 16.8 Å². The number of halogens is 1. The Labute approximate surface area is 182 Å². The third-order valence-electron chi connectivity index (χ3n) is 5.01. The molecule has 2 amide bonds. The van der Waals surface area contributed by atoms with Crippen LogP contribution in [0.3, 0.4) is 0 Å². The number of nitrogens with one attached hydrogen (secondary N) is 1. The van der Waals surface area contributed by atoms with Gasteiger partial charge in [0.1, 0.15) is 0 Å². The molecule has 0 atom stereocenters. The lowest BCUT2D eigenvalue weighted by molar-refractivity contribution is -0.117. The van der Waals surface area contributed by atoms with Gasteiger partial charge < -0.3 is 10.2 Å². The SMILES string of the molecule is O=C(Nc1cccc(N2CCCC2=O)c1)c1ccccc1C(=O)c1ccc(Br)cc1. The Morgan fingerprint density at radius 3 is 2.33 bits per heavy atom. The van der Waals surface area contributed by atoms with Crippen molar-refractivity contribution in [1.29, 1.82) is 0 Å². The summed E-state index contributed by atoms with van der Waals surface area (Å²) in [6, 6.07) is 21.0. The number of carbonyl (C=O) groups excluding carboxylic acids is 3. The lowest BCUT2D eigenvalue weighted by Crippen LogP contribution is -2.24. The number of ketones is 1. The second kappa shape index (κ2) is 8.63. The average molecular weight is 463 g/mol. The van der Waals surface area contributed by atoms with Crippen LogP contribution in [0.15, 0.2) is 77.3 Å². The lowest BCUT2D eigenvalue weighted by atomic mass is 9.98. The molecule has 1 aliphatic rings. The molecule has 150 valence electrons. The number of hydrogen-bond donors (Lipinski definition) is 1. The summed E-state index contributed by atoms with van der Waals surface area (Å²) in [5, 5.41) is 2.86. The summed E-state index contributed by atoms with van der Waals surface area (Å²) in [6.45, 7) is 0.681. The van der Waals surface area contributed by atoms with E-state index < -0.39 is 0 Å². The standard InChI is InChI=1S/C24H19BrN2O3/c25-17-12-10-16(11-13-17)23(29)20-7-1-2-8-21(20)24(30)26-18-5-3-6-19(15-18)27-14-4-9-22(27)28/h1-3,5-8,10-13,15H,4,9,14H2,(H,26,30). The van der Waals surface area contributed by atoms with E-state index in [-0.39, 0.29) is 17.6 Å². The predicted octanol–water partition coefficient (Wildman–Crippen LogP) is 5.06. The number of rotatable bonds is 5. The molecule has 3 aromatic rings. The fourth-order valence-electron chi connectivity index (χ4n) is 3.51. The number of nitrogens with zero attached hydrogens (tertiary/aromatic N) is 1. The summed E-state index contributed by atoms with van der Waals surface area (Å²) in [7, 11) is 0. The zero-order valence-corrected chi connectivity index (χ0v) is 17.7. The summed E-state index contributed by atoms with van der Waals surface area (Å²) in [5.41, 5.74) is 2.47. The molecule has 0 spiro atoms. The van der Waals surface area contributed by atoms with E-state index in [9.17, 15) is 14.4 Å². The summed E-state index contributed by atoms with van der Waals surface area (Å²) in [5.74, 6) is -0.505. The van der Waals surface area contributed by atoms with Gasteiger partial charge in [0.15, 0.2) is 5.78 Å². The van der Waals surface area contributed by atoms with E-state index in [0.717, 1.165) is 16.6 Å². The second-order valence-electron chi connectivity index (χ2n) is 7.03. The highest BCUT2D eigenvalue weighted by Crippen LogP contribution is 2.25. The van der Waals surface area contributed by atoms with E-state index in [0.29, 0.717) is 35.3 Å². The number of benzene rings is 3. The largest absolute Gasteiger partial charge is 0.322 e. The number of amides is 2. The summed E-state index contributed by atoms with van der Waals surface area (Å²) >= 11 is 3.36. The molecular weight excluding hydrogens is 444 g/mol. The van der Waals surface area contributed by atoms with Crippen molar-refractivity contribution in [2.24, 2.45) is 0 Å². The average Bonchev–Trinajstić information content (AvgIpc) is 3.20. The Bertz CT molecular complexity index is 1130. The molecule has 0 aromatic heterocycles. The molecule has 4 rings (SSSR count). The molecular formula is C24H19BrN2O3. The van der Waals surface area contributed by atoms with E-state index in [4.69, 9.17) is 0 Å². The highest BCUT2D eigenvalue weighted by Gasteiger charge is 2.22. The van der Waals surface area contributed by atoms with Crippen molar-refractivity contribution < 1.29 is 14.4 Å². The molecule has 5 nitrogen and oxygen atoms in total. The normalized spacial score (nSPS) is 13.4. The Kier molecular flexibility index (Phi) is 5.77. The Balaban J connectivity index is 1.58. The van der Waals surface area contributed by atoms with Crippen LogP contribution < -0.4 is 10.2 Å². The van der Waals surface area contributed by atoms with Gasteiger partial charge in [-0.2, -0.15) is 0 Å². The number of carbonyl (C=O) groups is 3. The molecule has 1 saturated heterocycles. The van der Waals surface area contributed by atoms with Crippen LogP contribution in [0.1, 0.15) is 39.1 Å². The maximum atomic E-state index is 13.0. The Hall–Kier alpha value is -3.25.